The average molecular weight is 461 g/mol. The summed E-state index contributed by atoms with van der Waals surface area (Å²) in [7, 11) is -3.40. The molecule has 9 heteroatoms. The molecule has 1 spiro atoms. The molecule has 0 amide bonds. The molecule has 1 aliphatic carbocycles. The predicted molar refractivity (Wildman–Crippen MR) is 113 cm³/mol. The predicted octanol–water partition coefficient (Wildman–Crippen LogP) is 3.80. The molecule has 0 unspecified atom stereocenters. The minimum atomic E-state index is -3.40. The number of sulfonamides is 1. The first-order chi connectivity index (χ1) is 13.7. The van der Waals surface area contributed by atoms with Crippen molar-refractivity contribution < 1.29 is 21.6 Å². The maximum Gasteiger partial charge on any atom is 0.211 e. The summed E-state index contributed by atoms with van der Waals surface area (Å²) < 4.78 is 69.5. The molecule has 2 fully saturated rings. The van der Waals surface area contributed by atoms with Gasteiger partial charge in [-0.15, -0.1) is 12.4 Å². The molecule has 1 heterocycles. The van der Waals surface area contributed by atoms with Crippen molar-refractivity contribution in [2.24, 2.45) is 5.41 Å². The van der Waals surface area contributed by atoms with E-state index in [0.29, 0.717) is 12.1 Å². The smallest absolute Gasteiger partial charge is 0.211 e. The Morgan fingerprint density at radius 2 is 1.80 bits per heavy atom. The van der Waals surface area contributed by atoms with Gasteiger partial charge in [0.25, 0.3) is 0 Å². The van der Waals surface area contributed by atoms with Gasteiger partial charge in [0.15, 0.2) is 0 Å². The molecule has 2 atom stereocenters. The maximum absolute atomic E-state index is 15.2. The van der Waals surface area contributed by atoms with Crippen molar-refractivity contribution >= 4 is 22.4 Å². The van der Waals surface area contributed by atoms with Crippen LogP contribution >= 0.6 is 12.4 Å². The van der Waals surface area contributed by atoms with E-state index in [-0.39, 0.29) is 53.2 Å². The van der Waals surface area contributed by atoms with Gasteiger partial charge in [-0.3, -0.25) is 0 Å². The largest absolute Gasteiger partial charge is 0.311 e. The SMILES string of the molecule is CCS(=O)(=O)N[C@@H]1[C@H](Cc2cccc(-c3cc(F)cc(F)c3)c2F)NCC12CC2.Cl. The highest BCUT2D eigenvalue weighted by molar-refractivity contribution is 7.89. The third-order valence-electron chi connectivity index (χ3n) is 6.05. The summed E-state index contributed by atoms with van der Waals surface area (Å²) in [5, 5.41) is 3.35. The van der Waals surface area contributed by atoms with E-state index in [0.717, 1.165) is 31.0 Å². The molecule has 30 heavy (non-hydrogen) atoms. The number of benzene rings is 2. The van der Waals surface area contributed by atoms with Crippen LogP contribution < -0.4 is 10.0 Å². The van der Waals surface area contributed by atoms with Crippen molar-refractivity contribution in [3.05, 3.63) is 59.4 Å². The van der Waals surface area contributed by atoms with Gasteiger partial charge in [0.1, 0.15) is 17.5 Å². The summed E-state index contributed by atoms with van der Waals surface area (Å²) in [4.78, 5) is 0. The van der Waals surface area contributed by atoms with Crippen LogP contribution in [0.3, 0.4) is 0 Å². The summed E-state index contributed by atoms with van der Waals surface area (Å²) in [6, 6.07) is 7.12. The zero-order chi connectivity index (χ0) is 20.8. The molecule has 0 bridgehead atoms. The molecule has 4 nitrogen and oxygen atoms in total. The summed E-state index contributed by atoms with van der Waals surface area (Å²) in [6.07, 6.45) is 2.13. The number of hydrogen-bond acceptors (Lipinski definition) is 3. The van der Waals surface area contributed by atoms with Crippen molar-refractivity contribution in [3.8, 4) is 11.1 Å². The fourth-order valence-electron chi connectivity index (χ4n) is 4.22. The highest BCUT2D eigenvalue weighted by Crippen LogP contribution is 2.52. The van der Waals surface area contributed by atoms with Crippen LogP contribution in [-0.2, 0) is 16.4 Å². The Bertz CT molecular complexity index is 1020. The first-order valence-electron chi connectivity index (χ1n) is 9.70. The molecule has 1 aliphatic heterocycles. The fraction of sp³-hybridized carbons (Fsp3) is 0.429. The van der Waals surface area contributed by atoms with E-state index in [1.807, 2.05) is 0 Å². The van der Waals surface area contributed by atoms with E-state index in [4.69, 9.17) is 0 Å². The molecular weight excluding hydrogens is 437 g/mol. The van der Waals surface area contributed by atoms with Crippen LogP contribution in [0.15, 0.2) is 36.4 Å². The third-order valence-corrected chi connectivity index (χ3v) is 7.42. The topological polar surface area (TPSA) is 58.2 Å². The van der Waals surface area contributed by atoms with Crippen molar-refractivity contribution in [3.63, 3.8) is 0 Å². The second kappa shape index (κ2) is 8.49. The Kier molecular flexibility index (Phi) is 6.53. The maximum atomic E-state index is 15.2. The minimum Gasteiger partial charge on any atom is -0.311 e. The van der Waals surface area contributed by atoms with E-state index >= 15 is 4.39 Å². The van der Waals surface area contributed by atoms with E-state index in [1.165, 1.54) is 6.07 Å². The van der Waals surface area contributed by atoms with Gasteiger partial charge >= 0.3 is 0 Å². The van der Waals surface area contributed by atoms with E-state index < -0.39 is 27.5 Å². The normalized spacial score (nSPS) is 22.1. The second-order valence-corrected chi connectivity index (χ2v) is 10.0. The molecule has 2 aromatic carbocycles. The van der Waals surface area contributed by atoms with Crippen LogP contribution in [0.25, 0.3) is 11.1 Å². The summed E-state index contributed by atoms with van der Waals surface area (Å²) in [5.74, 6) is -2.10. The highest BCUT2D eigenvalue weighted by atomic mass is 35.5. The Hall–Kier alpha value is -1.61. The van der Waals surface area contributed by atoms with E-state index in [9.17, 15) is 17.2 Å². The Labute approximate surface area is 180 Å². The fourth-order valence-corrected chi connectivity index (χ4v) is 5.19. The van der Waals surface area contributed by atoms with Gasteiger partial charge in [-0.2, -0.15) is 0 Å². The van der Waals surface area contributed by atoms with E-state index in [2.05, 4.69) is 10.0 Å². The second-order valence-electron chi connectivity index (χ2n) is 7.99. The first-order valence-corrected chi connectivity index (χ1v) is 11.4. The standard InChI is InChI=1S/C21H23F3N2O2S.ClH/c1-2-29(27,28)26-20-18(25-12-21(20)6-7-21)10-13-4-3-5-17(19(13)24)14-8-15(22)11-16(23)9-14;/h3-5,8-9,11,18,20,25-26H,2,6-7,10,12H2,1H3;1H/t18-,20+;/m0./s1. The molecule has 1 saturated carbocycles. The number of rotatable bonds is 6. The van der Waals surface area contributed by atoms with Crippen LogP contribution in [0.5, 0.6) is 0 Å². The van der Waals surface area contributed by atoms with Crippen molar-refractivity contribution in [1.29, 1.82) is 0 Å². The summed E-state index contributed by atoms with van der Waals surface area (Å²) in [6.45, 7) is 2.27. The van der Waals surface area contributed by atoms with Crippen LogP contribution in [0.1, 0.15) is 25.3 Å². The lowest BCUT2D eigenvalue weighted by atomic mass is 9.91. The molecule has 2 N–H and O–H groups in total. The quantitative estimate of drug-likeness (QED) is 0.689. The average Bonchev–Trinajstić information content (AvgIpc) is 3.38. The summed E-state index contributed by atoms with van der Waals surface area (Å²) >= 11 is 0. The lowest BCUT2D eigenvalue weighted by molar-refractivity contribution is 0.406. The van der Waals surface area contributed by atoms with Crippen LogP contribution in [-0.4, -0.2) is 32.8 Å². The molecule has 164 valence electrons. The molecule has 0 aromatic heterocycles. The minimum absolute atomic E-state index is 0. The molecule has 2 aromatic rings. The van der Waals surface area contributed by atoms with E-state index in [1.54, 1.807) is 19.1 Å². The Morgan fingerprint density at radius 1 is 1.13 bits per heavy atom. The van der Waals surface area contributed by atoms with Crippen molar-refractivity contribution in [2.45, 2.75) is 38.3 Å². The zero-order valence-electron chi connectivity index (χ0n) is 16.4. The van der Waals surface area contributed by atoms with Crippen LogP contribution in [0, 0.1) is 22.9 Å². The molecule has 1 saturated heterocycles. The zero-order valence-corrected chi connectivity index (χ0v) is 18.1. The molecule has 2 aliphatic rings. The van der Waals surface area contributed by atoms with Gasteiger partial charge in [-0.05, 0) is 49.4 Å². The molecule has 4 rings (SSSR count). The number of halogens is 4. The van der Waals surface area contributed by atoms with Gasteiger partial charge in [0.05, 0.1) is 5.75 Å². The van der Waals surface area contributed by atoms with Crippen LogP contribution in [0.2, 0.25) is 0 Å². The van der Waals surface area contributed by atoms with Crippen molar-refractivity contribution in [2.75, 3.05) is 12.3 Å². The van der Waals surface area contributed by atoms with Gasteiger partial charge in [-0.25, -0.2) is 26.3 Å². The van der Waals surface area contributed by atoms with Gasteiger partial charge in [0, 0.05) is 35.7 Å². The van der Waals surface area contributed by atoms with Gasteiger partial charge in [-0.1, -0.05) is 18.2 Å². The van der Waals surface area contributed by atoms with Crippen molar-refractivity contribution in [1.82, 2.24) is 10.0 Å². The Balaban J connectivity index is 0.00000256. The summed E-state index contributed by atoms with van der Waals surface area (Å²) in [5.41, 5.74) is 0.518. The highest BCUT2D eigenvalue weighted by Gasteiger charge is 2.57. The third kappa shape index (κ3) is 4.51. The molecular formula is C21H24ClF3N2O2S. The monoisotopic (exact) mass is 460 g/mol. The first kappa shape index (κ1) is 23.1. The molecule has 0 radical (unpaired) electrons. The van der Waals surface area contributed by atoms with Crippen LogP contribution in [0.4, 0.5) is 13.2 Å². The Morgan fingerprint density at radius 3 is 2.40 bits per heavy atom. The van der Waals surface area contributed by atoms with Gasteiger partial charge < -0.3 is 5.32 Å². The number of nitrogens with one attached hydrogen (secondary N) is 2. The lowest BCUT2D eigenvalue weighted by Crippen LogP contribution is -2.48. The van der Waals surface area contributed by atoms with Gasteiger partial charge in [0.2, 0.25) is 10.0 Å². The lowest BCUT2D eigenvalue weighted by Gasteiger charge is -2.25. The number of hydrogen-bond donors (Lipinski definition) is 2.